The maximum atomic E-state index is 5.20. The van der Waals surface area contributed by atoms with Crippen molar-refractivity contribution in [2.24, 2.45) is 0 Å². The summed E-state index contributed by atoms with van der Waals surface area (Å²) in [5, 5.41) is 2.55. The first kappa shape index (κ1) is 13.4. The average molecular weight is 274 g/mol. The molecular formula is C20H18O. The van der Waals surface area contributed by atoms with E-state index in [-0.39, 0.29) is 0 Å². The van der Waals surface area contributed by atoms with E-state index in [0.717, 1.165) is 5.75 Å². The summed E-state index contributed by atoms with van der Waals surface area (Å²) in [6.45, 7) is 2.14. The number of methoxy groups -OCH3 is 1. The zero-order chi connectivity index (χ0) is 14.7. The van der Waals surface area contributed by atoms with Crippen molar-refractivity contribution in [3.63, 3.8) is 0 Å². The van der Waals surface area contributed by atoms with Gasteiger partial charge in [-0.2, -0.15) is 0 Å². The highest BCUT2D eigenvalue weighted by Crippen LogP contribution is 2.22. The number of hydrogen-bond donors (Lipinski definition) is 0. The molecule has 0 unspecified atom stereocenters. The van der Waals surface area contributed by atoms with Crippen LogP contribution in [-0.4, -0.2) is 7.11 Å². The fourth-order valence-electron chi connectivity index (χ4n) is 2.48. The Labute approximate surface area is 125 Å². The lowest BCUT2D eigenvalue weighted by atomic mass is 10.0. The number of hydrogen-bond acceptors (Lipinski definition) is 1. The molecule has 1 heteroatoms. The molecule has 0 aliphatic heterocycles. The van der Waals surface area contributed by atoms with E-state index in [1.165, 1.54) is 27.5 Å². The lowest BCUT2D eigenvalue weighted by Gasteiger charge is -2.05. The van der Waals surface area contributed by atoms with Crippen LogP contribution in [0.5, 0.6) is 5.75 Å². The number of rotatable bonds is 3. The van der Waals surface area contributed by atoms with Crippen molar-refractivity contribution in [1.29, 1.82) is 0 Å². The highest BCUT2D eigenvalue weighted by Gasteiger charge is 1.99. The first-order chi connectivity index (χ1) is 10.3. The molecule has 21 heavy (non-hydrogen) atoms. The van der Waals surface area contributed by atoms with Crippen LogP contribution in [0.3, 0.4) is 0 Å². The van der Waals surface area contributed by atoms with Crippen molar-refractivity contribution in [3.05, 3.63) is 77.9 Å². The Balaban J connectivity index is 1.94. The molecule has 0 N–H and O–H groups in total. The molecule has 0 heterocycles. The SMILES string of the molecule is COc1ccc(C(C)=Cc2ccc3ccccc3c2)cc1. The highest BCUT2D eigenvalue weighted by atomic mass is 16.5. The lowest BCUT2D eigenvalue weighted by Crippen LogP contribution is -1.84. The van der Waals surface area contributed by atoms with Gasteiger partial charge in [-0.25, -0.2) is 0 Å². The fourth-order valence-corrected chi connectivity index (χ4v) is 2.48. The van der Waals surface area contributed by atoms with Crippen molar-refractivity contribution in [2.45, 2.75) is 6.92 Å². The number of benzene rings is 3. The Kier molecular flexibility index (Phi) is 3.74. The van der Waals surface area contributed by atoms with Crippen molar-refractivity contribution >= 4 is 22.4 Å². The fraction of sp³-hybridized carbons (Fsp3) is 0.100. The van der Waals surface area contributed by atoms with Gasteiger partial charge in [0.05, 0.1) is 7.11 Å². The van der Waals surface area contributed by atoms with Crippen LogP contribution >= 0.6 is 0 Å². The molecule has 3 aromatic rings. The molecule has 0 aliphatic rings. The predicted molar refractivity (Wildman–Crippen MR) is 90.5 cm³/mol. The van der Waals surface area contributed by atoms with Crippen LogP contribution in [0, 0.1) is 0 Å². The molecule has 0 spiro atoms. The summed E-state index contributed by atoms with van der Waals surface area (Å²) >= 11 is 0. The van der Waals surface area contributed by atoms with E-state index in [4.69, 9.17) is 4.74 Å². The summed E-state index contributed by atoms with van der Waals surface area (Å²) < 4.78 is 5.20. The second-order valence-electron chi connectivity index (χ2n) is 5.16. The van der Waals surface area contributed by atoms with Gasteiger partial charge < -0.3 is 4.74 Å². The Hall–Kier alpha value is -2.54. The summed E-state index contributed by atoms with van der Waals surface area (Å²) in [6, 6.07) is 23.2. The third-order valence-electron chi connectivity index (χ3n) is 3.70. The van der Waals surface area contributed by atoms with Gasteiger partial charge in [-0.1, -0.05) is 54.6 Å². The van der Waals surface area contributed by atoms with E-state index in [9.17, 15) is 0 Å². The third-order valence-corrected chi connectivity index (χ3v) is 3.70. The third kappa shape index (κ3) is 2.97. The molecule has 0 atom stereocenters. The van der Waals surface area contributed by atoms with E-state index in [0.29, 0.717) is 0 Å². The topological polar surface area (TPSA) is 9.23 Å². The summed E-state index contributed by atoms with van der Waals surface area (Å²) in [5.41, 5.74) is 3.68. The molecule has 0 radical (unpaired) electrons. The molecule has 3 aromatic carbocycles. The molecule has 0 saturated heterocycles. The lowest BCUT2D eigenvalue weighted by molar-refractivity contribution is 0.415. The number of fused-ring (bicyclic) bond motifs is 1. The Morgan fingerprint density at radius 2 is 1.57 bits per heavy atom. The second kappa shape index (κ2) is 5.84. The van der Waals surface area contributed by atoms with Crippen LogP contribution in [0.25, 0.3) is 22.4 Å². The zero-order valence-corrected chi connectivity index (χ0v) is 12.3. The van der Waals surface area contributed by atoms with Crippen LogP contribution in [0.15, 0.2) is 66.7 Å². The van der Waals surface area contributed by atoms with Crippen LogP contribution in [0.4, 0.5) is 0 Å². The largest absolute Gasteiger partial charge is 0.497 e. The molecule has 104 valence electrons. The highest BCUT2D eigenvalue weighted by molar-refractivity contribution is 5.88. The standard InChI is InChI=1S/C20H18O/c1-15(17-9-11-20(21-2)12-10-17)13-16-7-8-18-5-3-4-6-19(18)14-16/h3-14H,1-2H3. The monoisotopic (exact) mass is 274 g/mol. The van der Waals surface area contributed by atoms with Gasteiger partial charge in [0.2, 0.25) is 0 Å². The van der Waals surface area contributed by atoms with Crippen LogP contribution in [-0.2, 0) is 0 Å². The Bertz CT molecular complexity index is 782. The molecular weight excluding hydrogens is 256 g/mol. The van der Waals surface area contributed by atoms with E-state index in [1.54, 1.807) is 7.11 Å². The summed E-state index contributed by atoms with van der Waals surface area (Å²) in [7, 11) is 1.69. The number of allylic oxidation sites excluding steroid dienone is 1. The minimum atomic E-state index is 0.886. The van der Waals surface area contributed by atoms with Gasteiger partial charge in [0, 0.05) is 0 Å². The van der Waals surface area contributed by atoms with Crippen LogP contribution in [0.1, 0.15) is 18.1 Å². The first-order valence-electron chi connectivity index (χ1n) is 7.08. The van der Waals surface area contributed by atoms with Gasteiger partial charge in [-0.3, -0.25) is 0 Å². The second-order valence-corrected chi connectivity index (χ2v) is 5.16. The van der Waals surface area contributed by atoms with E-state index < -0.39 is 0 Å². The van der Waals surface area contributed by atoms with Crippen molar-refractivity contribution in [3.8, 4) is 5.75 Å². The number of ether oxygens (including phenoxy) is 1. The van der Waals surface area contributed by atoms with E-state index in [1.807, 2.05) is 12.1 Å². The summed E-state index contributed by atoms with van der Waals surface area (Å²) in [4.78, 5) is 0. The molecule has 3 rings (SSSR count). The molecule has 0 saturated carbocycles. The minimum Gasteiger partial charge on any atom is -0.497 e. The van der Waals surface area contributed by atoms with Crippen molar-refractivity contribution in [2.75, 3.05) is 7.11 Å². The molecule has 0 amide bonds. The van der Waals surface area contributed by atoms with Crippen molar-refractivity contribution in [1.82, 2.24) is 0 Å². The Morgan fingerprint density at radius 3 is 2.29 bits per heavy atom. The minimum absolute atomic E-state index is 0.886. The van der Waals surface area contributed by atoms with Crippen LogP contribution in [0.2, 0.25) is 0 Å². The van der Waals surface area contributed by atoms with Gasteiger partial charge in [0.15, 0.2) is 0 Å². The molecule has 0 aromatic heterocycles. The smallest absolute Gasteiger partial charge is 0.118 e. The molecule has 0 aliphatic carbocycles. The van der Waals surface area contributed by atoms with E-state index >= 15 is 0 Å². The molecule has 0 fully saturated rings. The van der Waals surface area contributed by atoms with E-state index in [2.05, 4.69) is 67.6 Å². The molecule has 0 bridgehead atoms. The quantitative estimate of drug-likeness (QED) is 0.580. The zero-order valence-electron chi connectivity index (χ0n) is 12.3. The normalized spacial score (nSPS) is 11.6. The average Bonchev–Trinajstić information content (AvgIpc) is 2.55. The van der Waals surface area contributed by atoms with Gasteiger partial charge >= 0.3 is 0 Å². The molecule has 1 nitrogen and oxygen atoms in total. The van der Waals surface area contributed by atoms with Gasteiger partial charge in [-0.05, 0) is 52.6 Å². The van der Waals surface area contributed by atoms with Crippen LogP contribution < -0.4 is 4.74 Å². The predicted octanol–water partition coefficient (Wildman–Crippen LogP) is 5.41. The summed E-state index contributed by atoms with van der Waals surface area (Å²) in [5.74, 6) is 0.886. The maximum Gasteiger partial charge on any atom is 0.118 e. The van der Waals surface area contributed by atoms with Crippen molar-refractivity contribution < 1.29 is 4.74 Å². The van der Waals surface area contributed by atoms with Gasteiger partial charge in [-0.15, -0.1) is 0 Å². The summed E-state index contributed by atoms with van der Waals surface area (Å²) in [6.07, 6.45) is 2.22. The van der Waals surface area contributed by atoms with Gasteiger partial charge in [0.1, 0.15) is 5.75 Å². The Morgan fingerprint density at radius 1 is 0.857 bits per heavy atom. The van der Waals surface area contributed by atoms with Gasteiger partial charge in [0.25, 0.3) is 0 Å². The first-order valence-corrected chi connectivity index (χ1v) is 7.08. The maximum absolute atomic E-state index is 5.20.